The summed E-state index contributed by atoms with van der Waals surface area (Å²) in [5, 5.41) is 5.02. The average Bonchev–Trinajstić information content (AvgIpc) is 2.85. The highest BCUT2D eigenvalue weighted by Crippen LogP contribution is 2.25. The van der Waals surface area contributed by atoms with Crippen molar-refractivity contribution in [1.82, 2.24) is 20.4 Å². The predicted molar refractivity (Wildman–Crippen MR) is 139 cm³/mol. The molecule has 3 heterocycles. The van der Waals surface area contributed by atoms with Crippen molar-refractivity contribution in [3.63, 3.8) is 0 Å². The molecule has 0 aromatic heterocycles. The van der Waals surface area contributed by atoms with Crippen LogP contribution in [0.4, 0.5) is 10.5 Å². The van der Waals surface area contributed by atoms with Gasteiger partial charge < -0.3 is 19.9 Å². The minimum atomic E-state index is -0.685. The Hall–Kier alpha value is -3.14. The number of imide groups is 1. The Bertz CT molecular complexity index is 1010. The van der Waals surface area contributed by atoms with E-state index >= 15 is 0 Å². The summed E-state index contributed by atoms with van der Waals surface area (Å²) >= 11 is 0. The molecule has 3 fully saturated rings. The highest BCUT2D eigenvalue weighted by Gasteiger charge is 2.30. The number of hydrogen-bond acceptors (Lipinski definition) is 7. The summed E-state index contributed by atoms with van der Waals surface area (Å²) in [4.78, 5) is 54.9. The molecule has 3 aliphatic rings. The molecule has 0 bridgehead atoms. The van der Waals surface area contributed by atoms with Gasteiger partial charge in [-0.05, 0) is 64.2 Å². The lowest BCUT2D eigenvalue weighted by molar-refractivity contribution is -0.134. The lowest BCUT2D eigenvalue weighted by atomic mass is 9.95. The van der Waals surface area contributed by atoms with Gasteiger partial charge in [0.25, 0.3) is 5.91 Å². The van der Waals surface area contributed by atoms with Crippen LogP contribution in [0.15, 0.2) is 24.3 Å². The van der Waals surface area contributed by atoms with Crippen LogP contribution in [0.25, 0.3) is 0 Å². The normalized spacial score (nSPS) is 22.0. The Kier molecular flexibility index (Phi) is 8.36. The van der Waals surface area contributed by atoms with Crippen LogP contribution in [0.1, 0.15) is 56.8 Å². The second kappa shape index (κ2) is 11.5. The van der Waals surface area contributed by atoms with E-state index in [0.29, 0.717) is 31.0 Å². The highest BCUT2D eigenvalue weighted by atomic mass is 16.6. The minimum Gasteiger partial charge on any atom is -0.444 e. The molecule has 3 aliphatic heterocycles. The van der Waals surface area contributed by atoms with Gasteiger partial charge in [-0.25, -0.2) is 4.79 Å². The molecule has 37 heavy (non-hydrogen) atoms. The van der Waals surface area contributed by atoms with Crippen molar-refractivity contribution in [2.24, 2.45) is 5.92 Å². The molecule has 1 atom stereocenters. The van der Waals surface area contributed by atoms with Gasteiger partial charge >= 0.3 is 6.09 Å². The van der Waals surface area contributed by atoms with E-state index in [1.165, 1.54) is 0 Å². The molecule has 4 amide bonds. The van der Waals surface area contributed by atoms with E-state index in [-0.39, 0.29) is 24.3 Å². The van der Waals surface area contributed by atoms with Gasteiger partial charge in [-0.1, -0.05) is 6.07 Å². The number of ether oxygens (including phenoxy) is 1. The number of anilines is 1. The molecule has 3 saturated heterocycles. The van der Waals surface area contributed by atoms with Crippen molar-refractivity contribution in [1.29, 1.82) is 0 Å². The summed E-state index contributed by atoms with van der Waals surface area (Å²) in [5.74, 6) is -0.460. The summed E-state index contributed by atoms with van der Waals surface area (Å²) in [5.41, 5.74) is 1.03. The van der Waals surface area contributed by atoms with Gasteiger partial charge in [-0.2, -0.15) is 0 Å². The number of amides is 4. The Morgan fingerprint density at radius 1 is 1.03 bits per heavy atom. The smallest absolute Gasteiger partial charge is 0.410 e. The van der Waals surface area contributed by atoms with Crippen LogP contribution in [-0.2, 0) is 14.3 Å². The van der Waals surface area contributed by atoms with Crippen LogP contribution >= 0.6 is 0 Å². The van der Waals surface area contributed by atoms with E-state index in [4.69, 9.17) is 4.74 Å². The number of carbonyl (C=O) groups is 4. The van der Waals surface area contributed by atoms with E-state index in [1.54, 1.807) is 11.0 Å². The van der Waals surface area contributed by atoms with Crippen LogP contribution in [0.3, 0.4) is 0 Å². The Morgan fingerprint density at radius 2 is 1.73 bits per heavy atom. The number of nitrogens with zero attached hydrogens (tertiary/aromatic N) is 3. The predicted octanol–water partition coefficient (Wildman–Crippen LogP) is 1.99. The van der Waals surface area contributed by atoms with Gasteiger partial charge in [0.2, 0.25) is 11.8 Å². The molecular formula is C27H39N5O5. The molecule has 202 valence electrons. The fourth-order valence-corrected chi connectivity index (χ4v) is 5.10. The number of hydrogen-bond donors (Lipinski definition) is 2. The summed E-state index contributed by atoms with van der Waals surface area (Å²) in [6.45, 7) is 11.7. The van der Waals surface area contributed by atoms with Gasteiger partial charge in [-0.3, -0.25) is 24.6 Å². The van der Waals surface area contributed by atoms with Crippen LogP contribution < -0.4 is 15.5 Å². The van der Waals surface area contributed by atoms with Crippen molar-refractivity contribution in [2.75, 3.05) is 50.7 Å². The fraction of sp³-hybridized carbons (Fsp3) is 0.630. The third kappa shape index (κ3) is 7.44. The molecule has 10 heteroatoms. The quantitative estimate of drug-likeness (QED) is 0.579. The lowest BCUT2D eigenvalue weighted by Gasteiger charge is -2.39. The van der Waals surface area contributed by atoms with E-state index in [0.717, 1.165) is 51.3 Å². The van der Waals surface area contributed by atoms with Crippen molar-refractivity contribution in [3.8, 4) is 0 Å². The number of rotatable bonds is 5. The first-order valence-electron chi connectivity index (χ1n) is 13.3. The molecule has 10 nitrogen and oxygen atoms in total. The van der Waals surface area contributed by atoms with Crippen molar-refractivity contribution in [2.45, 2.75) is 58.1 Å². The maximum absolute atomic E-state index is 12.7. The van der Waals surface area contributed by atoms with Crippen LogP contribution in [0.5, 0.6) is 0 Å². The number of nitrogens with one attached hydrogen (secondary N) is 2. The molecular weight excluding hydrogens is 474 g/mol. The third-order valence-electron chi connectivity index (χ3n) is 7.17. The SMILES string of the molecule is CC(C)(C)OC(=O)N1CCN(CC2CCN(c3cccc(C(=O)NC4CCC(=O)NC4=O)c3)CC2)CC1. The maximum Gasteiger partial charge on any atom is 0.410 e. The molecule has 2 N–H and O–H groups in total. The molecule has 4 rings (SSSR count). The summed E-state index contributed by atoms with van der Waals surface area (Å²) in [6.07, 6.45) is 2.45. The number of carbonyl (C=O) groups excluding carboxylic acids is 4. The largest absolute Gasteiger partial charge is 0.444 e. The second-order valence-corrected chi connectivity index (χ2v) is 11.2. The molecule has 0 saturated carbocycles. The van der Waals surface area contributed by atoms with Gasteiger partial charge in [-0.15, -0.1) is 0 Å². The minimum absolute atomic E-state index is 0.227. The van der Waals surface area contributed by atoms with Crippen LogP contribution in [0.2, 0.25) is 0 Å². The first-order chi connectivity index (χ1) is 17.6. The van der Waals surface area contributed by atoms with Gasteiger partial charge in [0, 0.05) is 63.5 Å². The molecule has 0 spiro atoms. The van der Waals surface area contributed by atoms with E-state index < -0.39 is 17.6 Å². The summed E-state index contributed by atoms with van der Waals surface area (Å²) in [7, 11) is 0. The first kappa shape index (κ1) is 26.9. The first-order valence-corrected chi connectivity index (χ1v) is 13.3. The second-order valence-electron chi connectivity index (χ2n) is 11.2. The molecule has 1 aromatic carbocycles. The molecule has 0 aliphatic carbocycles. The lowest BCUT2D eigenvalue weighted by Crippen LogP contribution is -2.52. The maximum atomic E-state index is 12.7. The van der Waals surface area contributed by atoms with Crippen molar-refractivity contribution < 1.29 is 23.9 Å². The Labute approximate surface area is 218 Å². The molecule has 0 radical (unpaired) electrons. The molecule has 1 aromatic rings. The fourth-order valence-electron chi connectivity index (χ4n) is 5.10. The Morgan fingerprint density at radius 3 is 2.38 bits per heavy atom. The topological polar surface area (TPSA) is 111 Å². The van der Waals surface area contributed by atoms with Gasteiger partial charge in [0.05, 0.1) is 0 Å². The van der Waals surface area contributed by atoms with Crippen molar-refractivity contribution >= 4 is 29.5 Å². The number of piperidine rings is 2. The van der Waals surface area contributed by atoms with Crippen LogP contribution in [0, 0.1) is 5.92 Å². The van der Waals surface area contributed by atoms with E-state index in [1.807, 2.05) is 39.0 Å². The summed E-state index contributed by atoms with van der Waals surface area (Å²) < 4.78 is 5.49. The van der Waals surface area contributed by atoms with Crippen molar-refractivity contribution in [3.05, 3.63) is 29.8 Å². The van der Waals surface area contributed by atoms with Gasteiger partial charge in [0.1, 0.15) is 11.6 Å². The zero-order valence-corrected chi connectivity index (χ0v) is 22.1. The molecule has 1 unspecified atom stereocenters. The number of piperazine rings is 1. The van der Waals surface area contributed by atoms with Gasteiger partial charge in [0.15, 0.2) is 0 Å². The van der Waals surface area contributed by atoms with E-state index in [9.17, 15) is 19.2 Å². The third-order valence-corrected chi connectivity index (χ3v) is 7.17. The zero-order valence-electron chi connectivity index (χ0n) is 22.1. The summed E-state index contributed by atoms with van der Waals surface area (Å²) in [6, 6.07) is 6.81. The monoisotopic (exact) mass is 513 g/mol. The number of benzene rings is 1. The highest BCUT2D eigenvalue weighted by molar-refractivity contribution is 6.04. The van der Waals surface area contributed by atoms with Crippen LogP contribution in [-0.4, -0.2) is 91.1 Å². The zero-order chi connectivity index (χ0) is 26.6. The standard InChI is InChI=1S/C27H39N5O5/c1-27(2,3)37-26(36)32-15-13-30(14-16-32)18-19-9-11-31(12-10-19)21-6-4-5-20(17-21)24(34)28-22-7-8-23(33)29-25(22)35/h4-6,17,19,22H,7-16,18H2,1-3H3,(H,28,34)(H,29,33,35). The average molecular weight is 514 g/mol. The Balaban J connectivity index is 1.22. The van der Waals surface area contributed by atoms with E-state index in [2.05, 4.69) is 20.4 Å².